The SMILES string of the molecule is Cn1ccc2cc(CNC(C)(CO)CO)c3cc4ccccc4cc3c21. The van der Waals surface area contributed by atoms with Gasteiger partial charge in [-0.25, -0.2) is 0 Å². The Balaban J connectivity index is 1.94. The average molecular weight is 348 g/mol. The molecule has 1 aromatic heterocycles. The van der Waals surface area contributed by atoms with Gasteiger partial charge in [0.1, 0.15) is 0 Å². The predicted octanol–water partition coefficient (Wildman–Crippen LogP) is 3.32. The highest BCUT2D eigenvalue weighted by molar-refractivity contribution is 6.12. The van der Waals surface area contributed by atoms with E-state index in [2.05, 4.69) is 71.7 Å². The summed E-state index contributed by atoms with van der Waals surface area (Å²) in [6.07, 6.45) is 2.09. The van der Waals surface area contributed by atoms with Gasteiger partial charge in [0.15, 0.2) is 0 Å². The maximum Gasteiger partial charge on any atom is 0.0633 e. The van der Waals surface area contributed by atoms with Crippen LogP contribution in [-0.2, 0) is 13.6 Å². The Bertz CT molecular complexity index is 1090. The first-order chi connectivity index (χ1) is 12.5. The highest BCUT2D eigenvalue weighted by atomic mass is 16.3. The molecule has 4 rings (SSSR count). The van der Waals surface area contributed by atoms with Crippen LogP contribution >= 0.6 is 0 Å². The maximum absolute atomic E-state index is 9.57. The van der Waals surface area contributed by atoms with Crippen molar-refractivity contribution in [3.05, 3.63) is 60.3 Å². The summed E-state index contributed by atoms with van der Waals surface area (Å²) in [4.78, 5) is 0. The number of hydrogen-bond donors (Lipinski definition) is 3. The summed E-state index contributed by atoms with van der Waals surface area (Å²) in [5, 5.41) is 28.5. The van der Waals surface area contributed by atoms with E-state index >= 15 is 0 Å². The van der Waals surface area contributed by atoms with E-state index in [9.17, 15) is 10.2 Å². The molecule has 0 radical (unpaired) electrons. The molecule has 4 aromatic rings. The fraction of sp³-hybridized carbons (Fsp3) is 0.273. The molecule has 0 unspecified atom stereocenters. The van der Waals surface area contributed by atoms with E-state index in [1.54, 1.807) is 0 Å². The van der Waals surface area contributed by atoms with Crippen molar-refractivity contribution in [1.29, 1.82) is 0 Å². The normalized spacial score (nSPS) is 12.5. The van der Waals surface area contributed by atoms with E-state index in [1.807, 2.05) is 6.92 Å². The van der Waals surface area contributed by atoms with Crippen molar-refractivity contribution in [3.63, 3.8) is 0 Å². The topological polar surface area (TPSA) is 57.4 Å². The number of fused-ring (bicyclic) bond motifs is 4. The lowest BCUT2D eigenvalue weighted by atomic mass is 9.96. The minimum absolute atomic E-state index is 0.113. The minimum Gasteiger partial charge on any atom is -0.394 e. The van der Waals surface area contributed by atoms with Crippen LogP contribution in [-0.4, -0.2) is 33.5 Å². The molecule has 0 saturated heterocycles. The van der Waals surface area contributed by atoms with Crippen LogP contribution in [0.1, 0.15) is 12.5 Å². The third-order valence-electron chi connectivity index (χ3n) is 5.32. The molecular formula is C22H24N2O2. The van der Waals surface area contributed by atoms with Crippen LogP contribution in [0.15, 0.2) is 54.7 Å². The summed E-state index contributed by atoms with van der Waals surface area (Å²) in [5.74, 6) is 0. The molecule has 4 heteroatoms. The molecule has 0 saturated carbocycles. The van der Waals surface area contributed by atoms with Gasteiger partial charge in [-0.15, -0.1) is 0 Å². The Morgan fingerprint density at radius 1 is 0.923 bits per heavy atom. The van der Waals surface area contributed by atoms with Gasteiger partial charge in [0, 0.05) is 30.6 Å². The lowest BCUT2D eigenvalue weighted by molar-refractivity contribution is 0.103. The Morgan fingerprint density at radius 2 is 1.58 bits per heavy atom. The van der Waals surface area contributed by atoms with Gasteiger partial charge < -0.3 is 20.1 Å². The van der Waals surface area contributed by atoms with E-state index in [0.29, 0.717) is 6.54 Å². The molecule has 26 heavy (non-hydrogen) atoms. The van der Waals surface area contributed by atoms with Crippen molar-refractivity contribution in [1.82, 2.24) is 9.88 Å². The molecule has 0 aliphatic rings. The molecule has 134 valence electrons. The number of nitrogens with one attached hydrogen (secondary N) is 1. The van der Waals surface area contributed by atoms with Crippen LogP contribution in [0.25, 0.3) is 32.4 Å². The Morgan fingerprint density at radius 3 is 2.23 bits per heavy atom. The number of aliphatic hydroxyl groups excluding tert-OH is 2. The molecule has 0 spiro atoms. The summed E-state index contributed by atoms with van der Waals surface area (Å²) in [5.41, 5.74) is 1.69. The first-order valence-electron chi connectivity index (χ1n) is 8.91. The summed E-state index contributed by atoms with van der Waals surface area (Å²) < 4.78 is 2.16. The second-order valence-corrected chi connectivity index (χ2v) is 7.38. The van der Waals surface area contributed by atoms with Crippen molar-refractivity contribution in [3.8, 4) is 0 Å². The van der Waals surface area contributed by atoms with Gasteiger partial charge in [-0.2, -0.15) is 0 Å². The monoisotopic (exact) mass is 348 g/mol. The van der Waals surface area contributed by atoms with Crippen LogP contribution in [0.5, 0.6) is 0 Å². The van der Waals surface area contributed by atoms with Gasteiger partial charge in [0.2, 0.25) is 0 Å². The second kappa shape index (κ2) is 6.40. The van der Waals surface area contributed by atoms with Crippen LogP contribution in [0, 0.1) is 0 Å². The third kappa shape index (κ3) is 2.76. The average Bonchev–Trinajstić information content (AvgIpc) is 3.05. The molecule has 0 aliphatic heterocycles. The zero-order valence-electron chi connectivity index (χ0n) is 15.2. The number of aromatic nitrogens is 1. The van der Waals surface area contributed by atoms with Crippen molar-refractivity contribution < 1.29 is 10.2 Å². The lowest BCUT2D eigenvalue weighted by Gasteiger charge is -2.26. The zero-order valence-corrected chi connectivity index (χ0v) is 15.2. The number of nitrogens with zero attached hydrogens (tertiary/aromatic N) is 1. The van der Waals surface area contributed by atoms with E-state index in [0.717, 1.165) is 5.56 Å². The molecule has 0 amide bonds. The molecule has 0 bridgehead atoms. The summed E-state index contributed by atoms with van der Waals surface area (Å²) in [6, 6.07) is 17.2. The maximum atomic E-state index is 9.57. The molecule has 3 N–H and O–H groups in total. The lowest BCUT2D eigenvalue weighted by Crippen LogP contribution is -2.48. The van der Waals surface area contributed by atoms with Crippen molar-refractivity contribution >= 4 is 32.4 Å². The molecule has 4 nitrogen and oxygen atoms in total. The van der Waals surface area contributed by atoms with Gasteiger partial charge in [-0.1, -0.05) is 24.3 Å². The summed E-state index contributed by atoms with van der Waals surface area (Å²) in [7, 11) is 2.07. The fourth-order valence-electron chi connectivity index (χ4n) is 3.60. The van der Waals surface area contributed by atoms with Gasteiger partial charge in [0.05, 0.1) is 24.3 Å². The van der Waals surface area contributed by atoms with Gasteiger partial charge >= 0.3 is 0 Å². The van der Waals surface area contributed by atoms with Crippen LogP contribution in [0.4, 0.5) is 0 Å². The highest BCUT2D eigenvalue weighted by Gasteiger charge is 2.22. The van der Waals surface area contributed by atoms with Gasteiger partial charge in [-0.3, -0.25) is 0 Å². The smallest absolute Gasteiger partial charge is 0.0633 e. The number of benzene rings is 3. The van der Waals surface area contributed by atoms with Crippen molar-refractivity contribution in [2.75, 3.05) is 13.2 Å². The second-order valence-electron chi connectivity index (χ2n) is 7.38. The van der Waals surface area contributed by atoms with Gasteiger partial charge in [0.25, 0.3) is 0 Å². The third-order valence-corrected chi connectivity index (χ3v) is 5.32. The van der Waals surface area contributed by atoms with Crippen LogP contribution in [0.3, 0.4) is 0 Å². The Hall–Kier alpha value is -2.40. The van der Waals surface area contributed by atoms with E-state index < -0.39 is 5.54 Å². The fourth-order valence-corrected chi connectivity index (χ4v) is 3.60. The first-order valence-corrected chi connectivity index (χ1v) is 8.91. The molecular weight excluding hydrogens is 324 g/mol. The largest absolute Gasteiger partial charge is 0.394 e. The van der Waals surface area contributed by atoms with E-state index in [-0.39, 0.29) is 13.2 Å². The van der Waals surface area contributed by atoms with Gasteiger partial charge in [-0.05, 0) is 52.9 Å². The minimum atomic E-state index is -0.700. The molecule has 0 atom stereocenters. The quantitative estimate of drug-likeness (QED) is 0.485. The van der Waals surface area contributed by atoms with E-state index in [1.165, 1.54) is 32.4 Å². The first kappa shape index (κ1) is 17.0. The predicted molar refractivity (Wildman–Crippen MR) is 107 cm³/mol. The number of rotatable bonds is 5. The Labute approximate surface area is 152 Å². The standard InChI is InChI=1S/C22H24N2O2/c1-22(13-25,14-26)23-12-18-9-17-7-8-24(2)21(17)20-11-16-6-4-3-5-15(16)10-19(18)20/h3-11,23,25-26H,12-14H2,1-2H3. The van der Waals surface area contributed by atoms with Crippen molar-refractivity contribution in [2.24, 2.45) is 7.05 Å². The van der Waals surface area contributed by atoms with E-state index in [4.69, 9.17) is 0 Å². The number of hydrogen-bond acceptors (Lipinski definition) is 3. The highest BCUT2D eigenvalue weighted by Crippen LogP contribution is 2.33. The zero-order chi connectivity index (χ0) is 18.3. The molecule has 0 aliphatic carbocycles. The molecule has 3 aromatic carbocycles. The number of aliphatic hydroxyl groups is 2. The molecule has 1 heterocycles. The Kier molecular flexibility index (Phi) is 4.19. The molecule has 0 fully saturated rings. The van der Waals surface area contributed by atoms with Crippen LogP contribution in [0.2, 0.25) is 0 Å². The van der Waals surface area contributed by atoms with Crippen molar-refractivity contribution in [2.45, 2.75) is 19.0 Å². The number of aryl methyl sites for hydroxylation is 1. The van der Waals surface area contributed by atoms with Crippen LogP contribution < -0.4 is 5.32 Å². The summed E-state index contributed by atoms with van der Waals surface area (Å²) in [6.45, 7) is 2.18. The summed E-state index contributed by atoms with van der Waals surface area (Å²) >= 11 is 0.